The lowest BCUT2D eigenvalue weighted by molar-refractivity contribution is -0.118. The number of ether oxygens (including phenoxy) is 1. The van der Waals surface area contributed by atoms with Gasteiger partial charge < -0.3 is 15.0 Å². The van der Waals surface area contributed by atoms with Crippen LogP contribution in [0.4, 0.5) is 0 Å². The molecule has 7 nitrogen and oxygen atoms in total. The predicted octanol–water partition coefficient (Wildman–Crippen LogP) is 4.16. The minimum atomic E-state index is -0.139. The van der Waals surface area contributed by atoms with E-state index in [1.54, 1.807) is 22.8 Å². The SMILES string of the molecule is O=C(CSc1nc2cc(Cl)ccc2c(=O)n1C[C@@H]1CCCO1)NCCc1c[nH]c2ccccc12. The molecule has 1 saturated heterocycles. The molecule has 1 aliphatic rings. The Morgan fingerprint density at radius 1 is 1.26 bits per heavy atom. The molecular weight excluding hydrogens is 472 g/mol. The Hall–Kier alpha value is -2.81. The highest BCUT2D eigenvalue weighted by atomic mass is 35.5. The van der Waals surface area contributed by atoms with Gasteiger partial charge in [0.25, 0.3) is 5.56 Å². The molecule has 1 amide bonds. The van der Waals surface area contributed by atoms with Crippen molar-refractivity contribution >= 4 is 51.1 Å². The van der Waals surface area contributed by atoms with E-state index < -0.39 is 0 Å². The number of benzene rings is 2. The second-order valence-electron chi connectivity index (χ2n) is 8.35. The van der Waals surface area contributed by atoms with E-state index >= 15 is 0 Å². The predicted molar refractivity (Wildman–Crippen MR) is 136 cm³/mol. The first-order valence-electron chi connectivity index (χ1n) is 11.3. The summed E-state index contributed by atoms with van der Waals surface area (Å²) in [6.07, 6.45) is 4.59. The van der Waals surface area contributed by atoms with Crippen molar-refractivity contribution in [2.24, 2.45) is 0 Å². The van der Waals surface area contributed by atoms with Gasteiger partial charge in [0.15, 0.2) is 5.16 Å². The molecule has 0 saturated carbocycles. The number of nitrogens with zero attached hydrogens (tertiary/aromatic N) is 2. The summed E-state index contributed by atoms with van der Waals surface area (Å²) in [6, 6.07) is 13.2. The summed E-state index contributed by atoms with van der Waals surface area (Å²) in [7, 11) is 0. The number of H-pyrrole nitrogens is 1. The first-order chi connectivity index (χ1) is 16.6. The number of hydrogen-bond donors (Lipinski definition) is 2. The standard InChI is InChI=1S/C25H25ClN4O3S/c26-17-7-8-20-22(12-17)29-25(30(24(20)32)14-18-4-3-11-33-18)34-15-23(31)27-10-9-16-13-28-21-6-2-1-5-19(16)21/h1-2,5-8,12-13,18,28H,3-4,9-11,14-15H2,(H,27,31)/t18-/m0/s1. The Balaban J connectivity index is 1.27. The van der Waals surface area contributed by atoms with E-state index in [2.05, 4.69) is 21.4 Å². The molecule has 2 N–H and O–H groups in total. The molecule has 0 spiro atoms. The number of nitrogens with one attached hydrogen (secondary N) is 2. The number of carbonyl (C=O) groups is 1. The third-order valence-electron chi connectivity index (χ3n) is 6.02. The molecule has 5 rings (SSSR count). The van der Waals surface area contributed by atoms with Crippen LogP contribution in [0.3, 0.4) is 0 Å². The van der Waals surface area contributed by atoms with E-state index in [1.807, 2.05) is 24.4 Å². The quantitative estimate of drug-likeness (QED) is 0.282. The van der Waals surface area contributed by atoms with E-state index in [0.717, 1.165) is 24.8 Å². The largest absolute Gasteiger partial charge is 0.376 e. The zero-order chi connectivity index (χ0) is 23.5. The lowest BCUT2D eigenvalue weighted by Gasteiger charge is -2.16. The molecule has 2 aromatic heterocycles. The van der Waals surface area contributed by atoms with Crippen LogP contribution in [0, 0.1) is 0 Å². The van der Waals surface area contributed by atoms with E-state index in [9.17, 15) is 9.59 Å². The second kappa shape index (κ2) is 10.2. The van der Waals surface area contributed by atoms with Crippen molar-refractivity contribution in [3.63, 3.8) is 0 Å². The van der Waals surface area contributed by atoms with Gasteiger partial charge in [-0.05, 0) is 49.1 Å². The van der Waals surface area contributed by atoms with Gasteiger partial charge >= 0.3 is 0 Å². The molecule has 34 heavy (non-hydrogen) atoms. The van der Waals surface area contributed by atoms with Gasteiger partial charge in [0.05, 0.1) is 29.3 Å². The molecule has 0 radical (unpaired) electrons. The van der Waals surface area contributed by atoms with Gasteiger partial charge in [0.2, 0.25) is 5.91 Å². The smallest absolute Gasteiger partial charge is 0.262 e. The molecular formula is C25H25ClN4O3S. The van der Waals surface area contributed by atoms with Crippen molar-refractivity contribution in [2.45, 2.75) is 37.1 Å². The summed E-state index contributed by atoms with van der Waals surface area (Å²) in [5.41, 5.74) is 2.65. The molecule has 4 aromatic rings. The Morgan fingerprint density at radius 2 is 2.15 bits per heavy atom. The van der Waals surface area contributed by atoms with Crippen LogP contribution in [0.1, 0.15) is 18.4 Å². The van der Waals surface area contributed by atoms with E-state index in [4.69, 9.17) is 16.3 Å². The fraction of sp³-hybridized carbons (Fsp3) is 0.320. The Kier molecular flexibility index (Phi) is 6.89. The minimum absolute atomic E-state index is 0.0198. The first kappa shape index (κ1) is 23.0. The molecule has 1 aliphatic heterocycles. The zero-order valence-electron chi connectivity index (χ0n) is 18.6. The lowest BCUT2D eigenvalue weighted by Crippen LogP contribution is -2.30. The second-order valence-corrected chi connectivity index (χ2v) is 9.73. The fourth-order valence-electron chi connectivity index (χ4n) is 4.29. The van der Waals surface area contributed by atoms with Crippen molar-refractivity contribution in [2.75, 3.05) is 18.9 Å². The van der Waals surface area contributed by atoms with Crippen LogP contribution < -0.4 is 10.9 Å². The van der Waals surface area contributed by atoms with Crippen LogP contribution in [-0.2, 0) is 22.5 Å². The van der Waals surface area contributed by atoms with Gasteiger partial charge in [0.1, 0.15) is 0 Å². The van der Waals surface area contributed by atoms with E-state index in [1.165, 1.54) is 22.7 Å². The van der Waals surface area contributed by atoms with Crippen LogP contribution in [0.15, 0.2) is 58.6 Å². The Bertz CT molecular complexity index is 1390. The Morgan fingerprint density at radius 3 is 3.00 bits per heavy atom. The number of amides is 1. The van der Waals surface area contributed by atoms with Gasteiger partial charge in [-0.25, -0.2) is 4.98 Å². The summed E-state index contributed by atoms with van der Waals surface area (Å²) >= 11 is 7.38. The molecule has 176 valence electrons. The third kappa shape index (κ3) is 4.99. The van der Waals surface area contributed by atoms with Gasteiger partial charge in [-0.15, -0.1) is 0 Å². The fourth-order valence-corrected chi connectivity index (χ4v) is 5.30. The number of aromatic amines is 1. The van der Waals surface area contributed by atoms with Crippen molar-refractivity contribution in [1.29, 1.82) is 0 Å². The molecule has 1 fully saturated rings. The first-order valence-corrected chi connectivity index (χ1v) is 12.7. The number of fused-ring (bicyclic) bond motifs is 2. The Labute approximate surface area is 205 Å². The van der Waals surface area contributed by atoms with Crippen LogP contribution in [0.25, 0.3) is 21.8 Å². The lowest BCUT2D eigenvalue weighted by atomic mass is 10.1. The minimum Gasteiger partial charge on any atom is -0.376 e. The summed E-state index contributed by atoms with van der Waals surface area (Å²) in [5.74, 6) is 0.0618. The normalized spacial score (nSPS) is 15.9. The highest BCUT2D eigenvalue weighted by Crippen LogP contribution is 2.23. The average molecular weight is 497 g/mol. The molecule has 0 aliphatic carbocycles. The van der Waals surface area contributed by atoms with E-state index in [-0.39, 0.29) is 23.3 Å². The summed E-state index contributed by atoms with van der Waals surface area (Å²) in [4.78, 5) is 33.7. The number of thioether (sulfide) groups is 1. The summed E-state index contributed by atoms with van der Waals surface area (Å²) < 4.78 is 7.38. The van der Waals surface area contributed by atoms with Gasteiger partial charge in [-0.2, -0.15) is 0 Å². The maximum absolute atomic E-state index is 13.2. The molecule has 3 heterocycles. The van der Waals surface area contributed by atoms with Crippen LogP contribution in [-0.4, -0.2) is 45.5 Å². The number of para-hydroxylation sites is 1. The van der Waals surface area contributed by atoms with E-state index in [0.29, 0.717) is 40.8 Å². The van der Waals surface area contributed by atoms with Gasteiger partial charge in [0, 0.05) is 35.3 Å². The topological polar surface area (TPSA) is 89.0 Å². The van der Waals surface area contributed by atoms with Gasteiger partial charge in [-0.1, -0.05) is 41.6 Å². The number of aromatic nitrogens is 3. The third-order valence-corrected chi connectivity index (χ3v) is 7.23. The van der Waals surface area contributed by atoms with Crippen LogP contribution in [0.5, 0.6) is 0 Å². The van der Waals surface area contributed by atoms with Crippen molar-refractivity contribution in [1.82, 2.24) is 19.9 Å². The highest BCUT2D eigenvalue weighted by molar-refractivity contribution is 7.99. The molecule has 0 bridgehead atoms. The molecule has 0 unspecified atom stereocenters. The maximum Gasteiger partial charge on any atom is 0.262 e. The zero-order valence-corrected chi connectivity index (χ0v) is 20.1. The monoisotopic (exact) mass is 496 g/mol. The molecule has 1 atom stereocenters. The number of rotatable bonds is 8. The summed E-state index contributed by atoms with van der Waals surface area (Å²) in [6.45, 7) is 1.66. The molecule has 2 aromatic carbocycles. The summed E-state index contributed by atoms with van der Waals surface area (Å²) in [5, 5.41) is 5.67. The molecule has 9 heteroatoms. The number of halogens is 1. The van der Waals surface area contributed by atoms with Crippen LogP contribution >= 0.6 is 23.4 Å². The van der Waals surface area contributed by atoms with Crippen molar-refractivity contribution in [3.8, 4) is 0 Å². The van der Waals surface area contributed by atoms with Crippen molar-refractivity contribution in [3.05, 3.63) is 69.6 Å². The highest BCUT2D eigenvalue weighted by Gasteiger charge is 2.21. The van der Waals surface area contributed by atoms with Crippen molar-refractivity contribution < 1.29 is 9.53 Å². The average Bonchev–Trinajstić information content (AvgIpc) is 3.50. The van der Waals surface area contributed by atoms with Gasteiger partial charge in [-0.3, -0.25) is 14.2 Å². The van der Waals surface area contributed by atoms with Crippen LogP contribution in [0.2, 0.25) is 5.02 Å². The number of carbonyl (C=O) groups excluding carboxylic acids is 1. The number of hydrogen-bond acceptors (Lipinski definition) is 5. The maximum atomic E-state index is 13.2.